The molecule has 1 aromatic carbocycles. The lowest BCUT2D eigenvalue weighted by Crippen LogP contribution is -2.40. The average Bonchev–Trinajstić information content (AvgIpc) is 3.33. The monoisotopic (exact) mass is 351 g/mol. The van der Waals surface area contributed by atoms with Gasteiger partial charge in [0.1, 0.15) is 0 Å². The van der Waals surface area contributed by atoms with Gasteiger partial charge in [-0.3, -0.25) is 9.67 Å². The number of fused-ring (bicyclic) bond motifs is 1. The lowest BCUT2D eigenvalue weighted by atomic mass is 9.82. The zero-order chi connectivity index (χ0) is 17.8. The highest BCUT2D eigenvalue weighted by molar-refractivity contribution is 5.80. The number of benzene rings is 1. The van der Waals surface area contributed by atoms with Gasteiger partial charge in [0.05, 0.1) is 6.54 Å². The normalized spacial score (nSPS) is 23.1. The van der Waals surface area contributed by atoms with Crippen molar-refractivity contribution in [3.05, 3.63) is 53.9 Å². The van der Waals surface area contributed by atoms with Gasteiger partial charge in [-0.2, -0.15) is 5.10 Å². The zero-order valence-corrected chi connectivity index (χ0v) is 15.6. The number of aromatic nitrogens is 2. The van der Waals surface area contributed by atoms with Gasteiger partial charge in [-0.1, -0.05) is 37.1 Å². The molecule has 2 atom stereocenters. The van der Waals surface area contributed by atoms with Gasteiger partial charge in [0.15, 0.2) is 5.96 Å². The Kier molecular flexibility index (Phi) is 5.23. The SMILES string of the molecule is CN=C(NCc1ccccc1Cn1cccn1)N1CC2CCCCC2C1. The third-order valence-corrected chi connectivity index (χ3v) is 5.93. The second-order valence-corrected chi connectivity index (χ2v) is 7.58. The Labute approximate surface area is 156 Å². The van der Waals surface area contributed by atoms with Crippen LogP contribution in [0, 0.1) is 11.8 Å². The number of nitrogens with one attached hydrogen (secondary N) is 1. The van der Waals surface area contributed by atoms with Gasteiger partial charge < -0.3 is 10.2 Å². The number of aliphatic imine (C=N–C) groups is 1. The molecule has 2 aliphatic rings. The number of rotatable bonds is 4. The van der Waals surface area contributed by atoms with E-state index in [0.29, 0.717) is 0 Å². The van der Waals surface area contributed by atoms with Crippen LogP contribution in [0.25, 0.3) is 0 Å². The second-order valence-electron chi connectivity index (χ2n) is 7.58. The minimum Gasteiger partial charge on any atom is -0.352 e. The van der Waals surface area contributed by atoms with Crippen molar-refractivity contribution < 1.29 is 0 Å². The van der Waals surface area contributed by atoms with Gasteiger partial charge in [-0.15, -0.1) is 0 Å². The Morgan fingerprint density at radius 3 is 2.50 bits per heavy atom. The van der Waals surface area contributed by atoms with Crippen LogP contribution in [0.4, 0.5) is 0 Å². The summed E-state index contributed by atoms with van der Waals surface area (Å²) in [6, 6.07) is 10.6. The highest BCUT2D eigenvalue weighted by Crippen LogP contribution is 2.35. The maximum Gasteiger partial charge on any atom is 0.193 e. The first-order chi connectivity index (χ1) is 12.8. The van der Waals surface area contributed by atoms with E-state index in [2.05, 4.69) is 44.6 Å². The molecule has 1 saturated heterocycles. The summed E-state index contributed by atoms with van der Waals surface area (Å²) in [7, 11) is 1.90. The number of hydrogen-bond donors (Lipinski definition) is 1. The van der Waals surface area contributed by atoms with E-state index >= 15 is 0 Å². The molecule has 5 nitrogen and oxygen atoms in total. The molecular weight excluding hydrogens is 322 g/mol. The molecule has 0 radical (unpaired) electrons. The van der Waals surface area contributed by atoms with Gasteiger partial charge in [-0.25, -0.2) is 0 Å². The van der Waals surface area contributed by atoms with Crippen LogP contribution in [0.3, 0.4) is 0 Å². The zero-order valence-electron chi connectivity index (χ0n) is 15.6. The van der Waals surface area contributed by atoms with E-state index in [1.165, 1.54) is 49.9 Å². The maximum absolute atomic E-state index is 4.56. The van der Waals surface area contributed by atoms with E-state index in [1.807, 2.05) is 30.2 Å². The quantitative estimate of drug-likeness (QED) is 0.680. The Bertz CT molecular complexity index is 723. The Morgan fingerprint density at radius 1 is 1.12 bits per heavy atom. The first-order valence-electron chi connectivity index (χ1n) is 9.83. The minimum absolute atomic E-state index is 0.802. The van der Waals surface area contributed by atoms with Gasteiger partial charge in [-0.05, 0) is 41.9 Å². The molecule has 5 heteroatoms. The maximum atomic E-state index is 4.56. The van der Waals surface area contributed by atoms with Crippen molar-refractivity contribution in [3.8, 4) is 0 Å². The fourth-order valence-corrected chi connectivity index (χ4v) is 4.54. The molecule has 1 N–H and O–H groups in total. The lowest BCUT2D eigenvalue weighted by Gasteiger charge is -2.22. The van der Waals surface area contributed by atoms with E-state index < -0.39 is 0 Å². The van der Waals surface area contributed by atoms with E-state index in [9.17, 15) is 0 Å². The van der Waals surface area contributed by atoms with Crippen molar-refractivity contribution in [2.75, 3.05) is 20.1 Å². The van der Waals surface area contributed by atoms with E-state index in [-0.39, 0.29) is 0 Å². The molecule has 0 amide bonds. The molecule has 2 fully saturated rings. The molecule has 0 bridgehead atoms. The van der Waals surface area contributed by atoms with Crippen LogP contribution in [0.2, 0.25) is 0 Å². The highest BCUT2D eigenvalue weighted by atomic mass is 15.3. The molecule has 0 spiro atoms. The molecule has 1 saturated carbocycles. The van der Waals surface area contributed by atoms with Crippen molar-refractivity contribution in [2.45, 2.75) is 38.8 Å². The summed E-state index contributed by atoms with van der Waals surface area (Å²) in [5, 5.41) is 7.94. The topological polar surface area (TPSA) is 45.5 Å². The van der Waals surface area contributed by atoms with Crippen molar-refractivity contribution >= 4 is 5.96 Å². The molecule has 2 unspecified atom stereocenters. The summed E-state index contributed by atoms with van der Waals surface area (Å²) in [5.41, 5.74) is 2.61. The van der Waals surface area contributed by atoms with Crippen LogP contribution in [-0.4, -0.2) is 40.8 Å². The third kappa shape index (κ3) is 3.76. The van der Waals surface area contributed by atoms with Crippen molar-refractivity contribution in [1.29, 1.82) is 0 Å². The van der Waals surface area contributed by atoms with Crippen LogP contribution >= 0.6 is 0 Å². The molecular formula is C21H29N5. The Morgan fingerprint density at radius 2 is 1.85 bits per heavy atom. The number of nitrogens with zero attached hydrogens (tertiary/aromatic N) is 4. The first kappa shape index (κ1) is 17.1. The average molecular weight is 351 g/mol. The lowest BCUT2D eigenvalue weighted by molar-refractivity contribution is 0.299. The highest BCUT2D eigenvalue weighted by Gasteiger charge is 2.35. The largest absolute Gasteiger partial charge is 0.352 e. The number of likely N-dealkylation sites (tertiary alicyclic amines) is 1. The second kappa shape index (κ2) is 7.94. The molecule has 1 aliphatic carbocycles. The van der Waals surface area contributed by atoms with Crippen LogP contribution in [0.15, 0.2) is 47.7 Å². The predicted molar refractivity (Wildman–Crippen MR) is 105 cm³/mol. The van der Waals surface area contributed by atoms with Crippen LogP contribution in [0.1, 0.15) is 36.8 Å². The first-order valence-corrected chi connectivity index (χ1v) is 9.83. The van der Waals surface area contributed by atoms with Crippen LogP contribution in [0.5, 0.6) is 0 Å². The summed E-state index contributed by atoms with van der Waals surface area (Å²) in [5.74, 6) is 2.79. The third-order valence-electron chi connectivity index (χ3n) is 5.93. The molecule has 138 valence electrons. The molecule has 26 heavy (non-hydrogen) atoms. The van der Waals surface area contributed by atoms with Crippen LogP contribution in [-0.2, 0) is 13.1 Å². The van der Waals surface area contributed by atoms with E-state index in [4.69, 9.17) is 0 Å². The number of hydrogen-bond acceptors (Lipinski definition) is 2. The van der Waals surface area contributed by atoms with Gasteiger partial charge in [0, 0.05) is 39.1 Å². The Balaban J connectivity index is 1.40. The van der Waals surface area contributed by atoms with E-state index in [0.717, 1.165) is 30.9 Å². The minimum atomic E-state index is 0.802. The number of guanidine groups is 1. The van der Waals surface area contributed by atoms with Crippen molar-refractivity contribution in [3.63, 3.8) is 0 Å². The van der Waals surface area contributed by atoms with Crippen molar-refractivity contribution in [1.82, 2.24) is 20.0 Å². The summed E-state index contributed by atoms with van der Waals surface area (Å²) >= 11 is 0. The molecule has 1 aromatic heterocycles. The Hall–Kier alpha value is -2.30. The molecule has 2 aromatic rings. The fourth-order valence-electron chi connectivity index (χ4n) is 4.54. The fraction of sp³-hybridized carbons (Fsp3) is 0.524. The van der Waals surface area contributed by atoms with Gasteiger partial charge >= 0.3 is 0 Å². The summed E-state index contributed by atoms with van der Waals surface area (Å²) in [4.78, 5) is 7.03. The van der Waals surface area contributed by atoms with Crippen LogP contribution < -0.4 is 5.32 Å². The molecule has 2 heterocycles. The standard InChI is InChI=1S/C21H29N5/c1-22-21(25-14-18-8-4-5-9-19(18)15-25)23-13-17-7-2-3-10-20(17)16-26-12-6-11-24-26/h2-3,6-7,10-12,18-19H,4-5,8-9,13-16H2,1H3,(H,22,23). The smallest absolute Gasteiger partial charge is 0.193 e. The van der Waals surface area contributed by atoms with E-state index in [1.54, 1.807) is 0 Å². The molecule has 4 rings (SSSR count). The van der Waals surface area contributed by atoms with Crippen molar-refractivity contribution in [2.24, 2.45) is 16.8 Å². The summed E-state index contributed by atoms with van der Waals surface area (Å²) in [6.07, 6.45) is 9.43. The van der Waals surface area contributed by atoms with Gasteiger partial charge in [0.2, 0.25) is 0 Å². The predicted octanol–water partition coefficient (Wildman–Crippen LogP) is 3.13. The summed E-state index contributed by atoms with van der Waals surface area (Å²) < 4.78 is 1.97. The van der Waals surface area contributed by atoms with Gasteiger partial charge in [0.25, 0.3) is 0 Å². The molecule has 1 aliphatic heterocycles. The summed E-state index contributed by atoms with van der Waals surface area (Å²) in [6.45, 7) is 3.94.